The standard InChI is InChI=1S/C13H13FN2S/c14-9-5-6-12-11(7-9)13(16-8-15-12)17-10-3-1-2-4-10/h5-8,10H,1-4H2. The van der Waals surface area contributed by atoms with Crippen molar-refractivity contribution in [1.29, 1.82) is 0 Å². The molecule has 0 saturated heterocycles. The number of thioether (sulfide) groups is 1. The van der Waals surface area contributed by atoms with Crippen LogP contribution in [0.1, 0.15) is 25.7 Å². The lowest BCUT2D eigenvalue weighted by Gasteiger charge is -2.09. The van der Waals surface area contributed by atoms with Crippen LogP contribution in [-0.2, 0) is 0 Å². The summed E-state index contributed by atoms with van der Waals surface area (Å²) in [5, 5.41) is 2.39. The molecular formula is C13H13FN2S. The summed E-state index contributed by atoms with van der Waals surface area (Å²) >= 11 is 1.77. The highest BCUT2D eigenvalue weighted by Gasteiger charge is 2.18. The minimum Gasteiger partial charge on any atom is -0.236 e. The Morgan fingerprint density at radius 2 is 2.00 bits per heavy atom. The van der Waals surface area contributed by atoms with Crippen molar-refractivity contribution >= 4 is 22.7 Å². The number of benzene rings is 1. The van der Waals surface area contributed by atoms with Crippen LogP contribution < -0.4 is 0 Å². The third-order valence-electron chi connectivity index (χ3n) is 3.14. The first kappa shape index (κ1) is 11.0. The second kappa shape index (κ2) is 4.61. The van der Waals surface area contributed by atoms with Crippen LogP contribution in [0.15, 0.2) is 29.6 Å². The van der Waals surface area contributed by atoms with Gasteiger partial charge in [0.1, 0.15) is 17.2 Å². The molecule has 3 rings (SSSR count). The van der Waals surface area contributed by atoms with E-state index >= 15 is 0 Å². The minimum absolute atomic E-state index is 0.222. The molecule has 1 aliphatic carbocycles. The lowest BCUT2D eigenvalue weighted by atomic mass is 10.2. The van der Waals surface area contributed by atoms with E-state index in [4.69, 9.17) is 0 Å². The van der Waals surface area contributed by atoms with E-state index in [2.05, 4.69) is 9.97 Å². The molecule has 2 aromatic rings. The normalized spacial score (nSPS) is 16.8. The summed E-state index contributed by atoms with van der Waals surface area (Å²) in [6.45, 7) is 0. The highest BCUT2D eigenvalue weighted by molar-refractivity contribution is 8.00. The first-order valence-corrected chi connectivity index (χ1v) is 6.78. The van der Waals surface area contributed by atoms with Crippen molar-refractivity contribution in [3.8, 4) is 0 Å². The lowest BCUT2D eigenvalue weighted by molar-refractivity contribution is 0.629. The van der Waals surface area contributed by atoms with Crippen molar-refractivity contribution in [2.75, 3.05) is 0 Å². The van der Waals surface area contributed by atoms with Crippen LogP contribution in [0.25, 0.3) is 10.9 Å². The molecule has 17 heavy (non-hydrogen) atoms. The predicted molar refractivity (Wildman–Crippen MR) is 67.6 cm³/mol. The van der Waals surface area contributed by atoms with E-state index < -0.39 is 0 Å². The van der Waals surface area contributed by atoms with Gasteiger partial charge in [0.25, 0.3) is 0 Å². The van der Waals surface area contributed by atoms with Gasteiger partial charge in [-0.25, -0.2) is 14.4 Å². The molecule has 2 nitrogen and oxygen atoms in total. The number of nitrogens with zero attached hydrogens (tertiary/aromatic N) is 2. The molecule has 0 bridgehead atoms. The summed E-state index contributed by atoms with van der Waals surface area (Å²) in [5.74, 6) is -0.222. The number of rotatable bonds is 2. The van der Waals surface area contributed by atoms with Gasteiger partial charge >= 0.3 is 0 Å². The third kappa shape index (κ3) is 2.27. The van der Waals surface area contributed by atoms with Crippen LogP contribution in [0.3, 0.4) is 0 Å². The van der Waals surface area contributed by atoms with Gasteiger partial charge in [-0.15, -0.1) is 11.8 Å². The zero-order valence-electron chi connectivity index (χ0n) is 9.40. The zero-order valence-corrected chi connectivity index (χ0v) is 10.2. The fraction of sp³-hybridized carbons (Fsp3) is 0.385. The maximum absolute atomic E-state index is 13.3. The molecule has 0 radical (unpaired) electrons. The van der Waals surface area contributed by atoms with Crippen LogP contribution in [0.4, 0.5) is 4.39 Å². The Kier molecular flexibility index (Phi) is 2.97. The largest absolute Gasteiger partial charge is 0.236 e. The Morgan fingerprint density at radius 1 is 1.18 bits per heavy atom. The molecule has 4 heteroatoms. The summed E-state index contributed by atoms with van der Waals surface area (Å²) < 4.78 is 13.3. The van der Waals surface area contributed by atoms with Crippen molar-refractivity contribution in [1.82, 2.24) is 9.97 Å². The van der Waals surface area contributed by atoms with Gasteiger partial charge in [0.05, 0.1) is 5.52 Å². The third-order valence-corrected chi connectivity index (χ3v) is 4.49. The van der Waals surface area contributed by atoms with Crippen molar-refractivity contribution in [3.05, 3.63) is 30.3 Å². The van der Waals surface area contributed by atoms with Gasteiger partial charge in [-0.05, 0) is 31.0 Å². The molecule has 1 saturated carbocycles. The Morgan fingerprint density at radius 3 is 2.82 bits per heavy atom. The minimum atomic E-state index is -0.222. The van der Waals surface area contributed by atoms with Crippen LogP contribution in [0.5, 0.6) is 0 Å². The van der Waals surface area contributed by atoms with E-state index in [1.54, 1.807) is 24.2 Å². The number of halogens is 1. The quantitative estimate of drug-likeness (QED) is 0.756. The van der Waals surface area contributed by atoms with Gasteiger partial charge in [0, 0.05) is 10.6 Å². The number of aromatic nitrogens is 2. The Bertz CT molecular complexity index is 538. The van der Waals surface area contributed by atoms with Crippen molar-refractivity contribution < 1.29 is 4.39 Å². The van der Waals surface area contributed by atoms with E-state index in [1.165, 1.54) is 37.8 Å². The zero-order chi connectivity index (χ0) is 11.7. The summed E-state index contributed by atoms with van der Waals surface area (Å²) in [7, 11) is 0. The fourth-order valence-electron chi connectivity index (χ4n) is 2.26. The van der Waals surface area contributed by atoms with Crippen molar-refractivity contribution in [3.63, 3.8) is 0 Å². The smallest absolute Gasteiger partial charge is 0.124 e. The molecule has 0 amide bonds. The van der Waals surface area contributed by atoms with Crippen LogP contribution in [0, 0.1) is 5.82 Å². The van der Waals surface area contributed by atoms with Crippen LogP contribution in [0.2, 0.25) is 0 Å². The first-order valence-electron chi connectivity index (χ1n) is 5.90. The Balaban J connectivity index is 1.99. The molecule has 1 aromatic heterocycles. The molecule has 1 fully saturated rings. The SMILES string of the molecule is Fc1ccc2ncnc(SC3CCCC3)c2c1. The van der Waals surface area contributed by atoms with Crippen molar-refractivity contribution in [2.45, 2.75) is 36.0 Å². The van der Waals surface area contributed by atoms with Gasteiger partial charge < -0.3 is 0 Å². The topological polar surface area (TPSA) is 25.8 Å². The molecule has 0 N–H and O–H groups in total. The molecule has 1 aromatic carbocycles. The van der Waals surface area contributed by atoms with Crippen LogP contribution in [-0.4, -0.2) is 15.2 Å². The average Bonchev–Trinajstić information content (AvgIpc) is 2.83. The Labute approximate surface area is 104 Å². The van der Waals surface area contributed by atoms with Crippen LogP contribution >= 0.6 is 11.8 Å². The van der Waals surface area contributed by atoms with E-state index in [0.717, 1.165) is 15.9 Å². The van der Waals surface area contributed by atoms with E-state index in [-0.39, 0.29) is 5.82 Å². The maximum Gasteiger partial charge on any atom is 0.124 e. The average molecular weight is 248 g/mol. The predicted octanol–water partition coefficient (Wildman–Crippen LogP) is 3.80. The number of hydrogen-bond donors (Lipinski definition) is 0. The maximum atomic E-state index is 13.3. The number of fused-ring (bicyclic) bond motifs is 1. The lowest BCUT2D eigenvalue weighted by Crippen LogP contribution is -1.96. The van der Waals surface area contributed by atoms with Gasteiger partial charge in [-0.3, -0.25) is 0 Å². The molecule has 0 atom stereocenters. The monoisotopic (exact) mass is 248 g/mol. The molecular weight excluding hydrogens is 235 g/mol. The summed E-state index contributed by atoms with van der Waals surface area (Å²) in [4.78, 5) is 8.46. The summed E-state index contributed by atoms with van der Waals surface area (Å²) in [5.41, 5.74) is 0.821. The van der Waals surface area contributed by atoms with E-state index in [9.17, 15) is 4.39 Å². The molecule has 0 spiro atoms. The van der Waals surface area contributed by atoms with Gasteiger partial charge in [0.15, 0.2) is 0 Å². The van der Waals surface area contributed by atoms with Gasteiger partial charge in [0.2, 0.25) is 0 Å². The molecule has 0 unspecified atom stereocenters. The van der Waals surface area contributed by atoms with Crippen molar-refractivity contribution in [2.24, 2.45) is 0 Å². The second-order valence-electron chi connectivity index (χ2n) is 4.36. The second-order valence-corrected chi connectivity index (χ2v) is 5.65. The Hall–Kier alpha value is -1.16. The molecule has 1 heterocycles. The first-order chi connectivity index (χ1) is 8.33. The highest BCUT2D eigenvalue weighted by Crippen LogP contribution is 2.36. The van der Waals surface area contributed by atoms with Gasteiger partial charge in [-0.1, -0.05) is 12.8 Å². The summed E-state index contributed by atoms with van der Waals surface area (Å²) in [6.07, 6.45) is 6.65. The molecule has 88 valence electrons. The fourth-order valence-corrected chi connectivity index (χ4v) is 3.55. The number of hydrogen-bond acceptors (Lipinski definition) is 3. The molecule has 1 aliphatic rings. The van der Waals surface area contributed by atoms with Gasteiger partial charge in [-0.2, -0.15) is 0 Å². The summed E-state index contributed by atoms with van der Waals surface area (Å²) in [6, 6.07) is 4.69. The van der Waals surface area contributed by atoms with E-state index in [1.807, 2.05) is 0 Å². The van der Waals surface area contributed by atoms with E-state index in [0.29, 0.717) is 5.25 Å². The molecule has 0 aliphatic heterocycles. The highest BCUT2D eigenvalue weighted by atomic mass is 32.2.